The van der Waals surface area contributed by atoms with E-state index in [9.17, 15) is 0 Å². The van der Waals surface area contributed by atoms with Crippen LogP contribution in [0.1, 0.15) is 26.2 Å². The molecule has 1 aliphatic rings. The molecule has 0 fully saturated rings. The Morgan fingerprint density at radius 2 is 2.55 bits per heavy atom. The molecule has 11 heavy (non-hydrogen) atoms. The van der Waals surface area contributed by atoms with Crippen molar-refractivity contribution in [3.8, 4) is 0 Å². The largest absolute Gasteiger partial charge is 0.0998 e. The van der Waals surface area contributed by atoms with Crippen LogP contribution >= 0.6 is 15.9 Å². The van der Waals surface area contributed by atoms with E-state index in [1.54, 1.807) is 5.57 Å². The number of rotatable bonds is 2. The summed E-state index contributed by atoms with van der Waals surface area (Å²) in [6.45, 7) is 6.13. The van der Waals surface area contributed by atoms with Crippen molar-refractivity contribution >= 4 is 15.9 Å². The Labute approximate surface area is 77.5 Å². The molecule has 0 nitrogen and oxygen atoms in total. The van der Waals surface area contributed by atoms with Gasteiger partial charge >= 0.3 is 0 Å². The maximum absolute atomic E-state index is 3.99. The van der Waals surface area contributed by atoms with E-state index in [-0.39, 0.29) is 0 Å². The zero-order chi connectivity index (χ0) is 8.27. The Kier molecular flexibility index (Phi) is 3.38. The van der Waals surface area contributed by atoms with Crippen molar-refractivity contribution in [2.75, 3.05) is 5.33 Å². The van der Waals surface area contributed by atoms with E-state index in [1.807, 2.05) is 0 Å². The SMILES string of the molecule is C=C(C)[C@@H]1CC=C(CBr)CC1. The van der Waals surface area contributed by atoms with Crippen molar-refractivity contribution < 1.29 is 0 Å². The molecule has 0 heterocycles. The first kappa shape index (κ1) is 9.05. The molecular weight excluding hydrogens is 200 g/mol. The molecule has 1 atom stereocenters. The summed E-state index contributed by atoms with van der Waals surface area (Å²) in [5, 5.41) is 1.05. The summed E-state index contributed by atoms with van der Waals surface area (Å²) >= 11 is 3.48. The number of hydrogen-bond donors (Lipinski definition) is 0. The van der Waals surface area contributed by atoms with Gasteiger partial charge in [-0.1, -0.05) is 39.7 Å². The molecule has 1 rings (SSSR count). The Hall–Kier alpha value is -0.0400. The normalized spacial score (nSPS) is 24.5. The van der Waals surface area contributed by atoms with Crippen LogP contribution in [0.3, 0.4) is 0 Å². The van der Waals surface area contributed by atoms with Crippen LogP contribution in [-0.2, 0) is 0 Å². The van der Waals surface area contributed by atoms with Gasteiger partial charge in [-0.3, -0.25) is 0 Å². The van der Waals surface area contributed by atoms with E-state index in [1.165, 1.54) is 24.8 Å². The lowest BCUT2D eigenvalue weighted by atomic mass is 9.86. The highest BCUT2D eigenvalue weighted by molar-refractivity contribution is 9.09. The Balaban J connectivity index is 2.47. The summed E-state index contributed by atoms with van der Waals surface area (Å²) in [4.78, 5) is 0. The number of alkyl halides is 1. The highest BCUT2D eigenvalue weighted by Crippen LogP contribution is 2.28. The molecule has 0 spiro atoms. The van der Waals surface area contributed by atoms with Gasteiger partial charge in [-0.2, -0.15) is 0 Å². The molecule has 62 valence electrons. The Morgan fingerprint density at radius 1 is 1.82 bits per heavy atom. The van der Waals surface area contributed by atoms with Crippen LogP contribution in [0.25, 0.3) is 0 Å². The monoisotopic (exact) mass is 214 g/mol. The molecule has 0 N–H and O–H groups in total. The van der Waals surface area contributed by atoms with E-state index in [2.05, 4.69) is 35.5 Å². The molecule has 1 heteroatoms. The first-order chi connectivity index (χ1) is 5.24. The summed E-state index contributed by atoms with van der Waals surface area (Å²) in [5.41, 5.74) is 2.90. The molecule has 0 unspecified atom stereocenters. The average Bonchev–Trinajstić information content (AvgIpc) is 2.05. The Morgan fingerprint density at radius 3 is 2.91 bits per heavy atom. The number of hydrogen-bond acceptors (Lipinski definition) is 0. The predicted octanol–water partition coefficient (Wildman–Crippen LogP) is 3.68. The zero-order valence-electron chi connectivity index (χ0n) is 7.07. The predicted molar refractivity (Wildman–Crippen MR) is 54.0 cm³/mol. The van der Waals surface area contributed by atoms with Crippen LogP contribution in [0.5, 0.6) is 0 Å². The second kappa shape index (κ2) is 4.10. The minimum atomic E-state index is 0.748. The van der Waals surface area contributed by atoms with Crippen molar-refractivity contribution in [3.63, 3.8) is 0 Å². The summed E-state index contributed by atoms with van der Waals surface area (Å²) < 4.78 is 0. The molecule has 0 aliphatic heterocycles. The molecule has 0 aromatic carbocycles. The molecule has 0 radical (unpaired) electrons. The van der Waals surface area contributed by atoms with Crippen LogP contribution in [0.15, 0.2) is 23.8 Å². The molecular formula is C10H15Br. The van der Waals surface area contributed by atoms with Gasteiger partial charge in [-0.15, -0.1) is 0 Å². The smallest absolute Gasteiger partial charge is 0.0241 e. The highest BCUT2D eigenvalue weighted by Gasteiger charge is 2.13. The zero-order valence-corrected chi connectivity index (χ0v) is 8.65. The third kappa shape index (κ3) is 2.48. The first-order valence-electron chi connectivity index (χ1n) is 4.13. The maximum atomic E-state index is 3.99. The number of allylic oxidation sites excluding steroid dienone is 3. The van der Waals surface area contributed by atoms with Crippen molar-refractivity contribution in [2.45, 2.75) is 26.2 Å². The second-order valence-corrected chi connectivity index (χ2v) is 3.87. The molecule has 0 aromatic heterocycles. The fourth-order valence-corrected chi connectivity index (χ4v) is 1.97. The van der Waals surface area contributed by atoms with Gasteiger partial charge in [-0.25, -0.2) is 0 Å². The third-order valence-electron chi connectivity index (χ3n) is 2.37. The molecule has 0 bridgehead atoms. The van der Waals surface area contributed by atoms with Crippen LogP contribution in [0, 0.1) is 5.92 Å². The van der Waals surface area contributed by atoms with Gasteiger partial charge in [0.15, 0.2) is 0 Å². The Bertz CT molecular complexity index is 179. The lowest BCUT2D eigenvalue weighted by Crippen LogP contribution is -2.06. The van der Waals surface area contributed by atoms with Crippen LogP contribution in [0.2, 0.25) is 0 Å². The summed E-state index contributed by atoms with van der Waals surface area (Å²) in [6, 6.07) is 0. The quantitative estimate of drug-likeness (QED) is 0.486. The average molecular weight is 215 g/mol. The second-order valence-electron chi connectivity index (χ2n) is 3.31. The standard InChI is InChI=1S/C10H15Br/c1-8(2)10-5-3-9(7-11)4-6-10/h3,10H,1,4-7H2,2H3/t10-/m1/s1. The molecule has 1 aliphatic carbocycles. The maximum Gasteiger partial charge on any atom is 0.0241 e. The van der Waals surface area contributed by atoms with Gasteiger partial charge in [-0.05, 0) is 32.1 Å². The van der Waals surface area contributed by atoms with Gasteiger partial charge in [0.1, 0.15) is 0 Å². The van der Waals surface area contributed by atoms with Crippen molar-refractivity contribution in [3.05, 3.63) is 23.8 Å². The van der Waals surface area contributed by atoms with Crippen molar-refractivity contribution in [2.24, 2.45) is 5.92 Å². The minimum Gasteiger partial charge on any atom is -0.0998 e. The third-order valence-corrected chi connectivity index (χ3v) is 3.09. The van der Waals surface area contributed by atoms with Crippen molar-refractivity contribution in [1.29, 1.82) is 0 Å². The van der Waals surface area contributed by atoms with Gasteiger partial charge in [0.2, 0.25) is 0 Å². The van der Waals surface area contributed by atoms with Gasteiger partial charge in [0.05, 0.1) is 0 Å². The van der Waals surface area contributed by atoms with E-state index >= 15 is 0 Å². The van der Waals surface area contributed by atoms with Gasteiger partial charge in [0.25, 0.3) is 0 Å². The fraction of sp³-hybridized carbons (Fsp3) is 0.600. The fourth-order valence-electron chi connectivity index (χ4n) is 1.46. The topological polar surface area (TPSA) is 0 Å². The van der Waals surface area contributed by atoms with E-state index in [0.717, 1.165) is 11.2 Å². The highest BCUT2D eigenvalue weighted by atomic mass is 79.9. The summed E-state index contributed by atoms with van der Waals surface area (Å²) in [5.74, 6) is 0.748. The van der Waals surface area contributed by atoms with E-state index in [4.69, 9.17) is 0 Å². The molecule has 0 aromatic rings. The first-order valence-corrected chi connectivity index (χ1v) is 5.25. The molecule has 0 saturated heterocycles. The summed E-state index contributed by atoms with van der Waals surface area (Å²) in [7, 11) is 0. The van der Waals surface area contributed by atoms with Crippen LogP contribution in [-0.4, -0.2) is 5.33 Å². The molecule has 0 saturated carbocycles. The van der Waals surface area contributed by atoms with E-state index < -0.39 is 0 Å². The minimum absolute atomic E-state index is 0.748. The van der Waals surface area contributed by atoms with E-state index in [0.29, 0.717) is 0 Å². The lowest BCUT2D eigenvalue weighted by molar-refractivity contribution is 0.541. The van der Waals surface area contributed by atoms with Crippen molar-refractivity contribution in [1.82, 2.24) is 0 Å². The number of halogens is 1. The van der Waals surface area contributed by atoms with Crippen LogP contribution < -0.4 is 0 Å². The molecule has 0 amide bonds. The van der Waals surface area contributed by atoms with Gasteiger partial charge < -0.3 is 0 Å². The summed E-state index contributed by atoms with van der Waals surface area (Å²) in [6.07, 6.45) is 6.11. The lowest BCUT2D eigenvalue weighted by Gasteiger charge is -2.20. The van der Waals surface area contributed by atoms with Gasteiger partial charge in [0, 0.05) is 5.33 Å². The van der Waals surface area contributed by atoms with Crippen LogP contribution in [0.4, 0.5) is 0 Å².